The van der Waals surface area contributed by atoms with E-state index in [1.165, 1.54) is 0 Å². The van der Waals surface area contributed by atoms with Crippen LogP contribution in [-0.4, -0.2) is 36.0 Å². The van der Waals surface area contributed by atoms with Gasteiger partial charge in [-0.3, -0.25) is 0 Å². The number of benzene rings is 1. The van der Waals surface area contributed by atoms with Gasteiger partial charge in [-0.2, -0.15) is 0 Å². The quantitative estimate of drug-likeness (QED) is 0.755. The summed E-state index contributed by atoms with van der Waals surface area (Å²) >= 11 is 7.64. The minimum absolute atomic E-state index is 0.152. The van der Waals surface area contributed by atoms with Crippen LogP contribution >= 0.6 is 22.9 Å². The molecular formula is C17H16ClN3O2S. The summed E-state index contributed by atoms with van der Waals surface area (Å²) in [6.07, 6.45) is 2.63. The Balaban J connectivity index is 1.58. The van der Waals surface area contributed by atoms with Gasteiger partial charge in [0.2, 0.25) is 0 Å². The molecule has 124 valence electrons. The van der Waals surface area contributed by atoms with Crippen LogP contribution < -0.4 is 5.32 Å². The number of hydrogen-bond acceptors (Lipinski definition) is 6. The second-order valence-corrected chi connectivity index (χ2v) is 7.03. The van der Waals surface area contributed by atoms with Crippen LogP contribution in [0, 0.1) is 0 Å². The van der Waals surface area contributed by atoms with Crippen molar-refractivity contribution in [3.63, 3.8) is 0 Å². The molecule has 1 fully saturated rings. The summed E-state index contributed by atoms with van der Waals surface area (Å²) in [5.74, 6) is 0.848. The third kappa shape index (κ3) is 3.37. The molecule has 2 aromatic heterocycles. The Morgan fingerprint density at radius 3 is 2.92 bits per heavy atom. The maximum atomic E-state index is 5.97. The van der Waals surface area contributed by atoms with Crippen molar-refractivity contribution < 1.29 is 9.47 Å². The molecule has 1 aliphatic rings. The average Bonchev–Trinajstić information content (AvgIpc) is 3.06. The van der Waals surface area contributed by atoms with Gasteiger partial charge in [-0.15, -0.1) is 11.3 Å². The normalized spacial score (nSPS) is 18.0. The zero-order chi connectivity index (χ0) is 16.4. The summed E-state index contributed by atoms with van der Waals surface area (Å²) in [7, 11) is 0. The van der Waals surface area contributed by atoms with E-state index in [0.29, 0.717) is 13.3 Å². The summed E-state index contributed by atoms with van der Waals surface area (Å²) in [4.78, 5) is 9.92. The summed E-state index contributed by atoms with van der Waals surface area (Å²) in [6.45, 7) is 1.82. The molecule has 0 aliphatic carbocycles. The van der Waals surface area contributed by atoms with E-state index in [1.54, 1.807) is 17.7 Å². The zero-order valence-electron chi connectivity index (χ0n) is 12.9. The van der Waals surface area contributed by atoms with E-state index in [4.69, 9.17) is 21.1 Å². The Bertz CT molecular complexity index is 831. The topological polar surface area (TPSA) is 56.3 Å². The zero-order valence-corrected chi connectivity index (χ0v) is 14.4. The second-order valence-electron chi connectivity index (χ2n) is 5.54. The number of thiophene rings is 1. The van der Waals surface area contributed by atoms with Gasteiger partial charge in [0.15, 0.2) is 0 Å². The van der Waals surface area contributed by atoms with Gasteiger partial charge in [0.1, 0.15) is 18.9 Å². The van der Waals surface area contributed by atoms with E-state index >= 15 is 0 Å². The van der Waals surface area contributed by atoms with Crippen LogP contribution in [0.3, 0.4) is 0 Å². The number of rotatable bonds is 4. The Kier molecular flexibility index (Phi) is 4.62. The number of hydrogen-bond donors (Lipinski definition) is 1. The smallest absolute Gasteiger partial charge is 0.147 e. The third-order valence-electron chi connectivity index (χ3n) is 3.91. The molecule has 0 amide bonds. The summed E-state index contributed by atoms with van der Waals surface area (Å²) in [5.41, 5.74) is 2.07. The molecular weight excluding hydrogens is 346 g/mol. The number of fused-ring (bicyclic) bond motifs is 1. The Morgan fingerprint density at radius 1 is 1.25 bits per heavy atom. The van der Waals surface area contributed by atoms with Crippen molar-refractivity contribution in [2.45, 2.75) is 12.5 Å². The van der Waals surface area contributed by atoms with Gasteiger partial charge in [-0.05, 0) is 30.2 Å². The molecule has 0 radical (unpaired) electrons. The molecule has 0 unspecified atom stereocenters. The molecule has 0 bridgehead atoms. The molecule has 1 aliphatic heterocycles. The van der Waals surface area contributed by atoms with Crippen LogP contribution in [0.5, 0.6) is 0 Å². The van der Waals surface area contributed by atoms with Gasteiger partial charge in [-0.25, -0.2) is 9.97 Å². The molecule has 24 heavy (non-hydrogen) atoms. The first-order valence-corrected chi connectivity index (χ1v) is 8.93. The van der Waals surface area contributed by atoms with Gasteiger partial charge in [0.25, 0.3) is 0 Å². The van der Waals surface area contributed by atoms with Crippen molar-refractivity contribution in [3.8, 4) is 10.4 Å². The molecule has 1 saturated heterocycles. The second kappa shape index (κ2) is 7.03. The number of aromatic nitrogens is 2. The molecule has 3 heterocycles. The fourth-order valence-corrected chi connectivity index (χ4v) is 3.82. The van der Waals surface area contributed by atoms with Crippen LogP contribution in [0.1, 0.15) is 6.42 Å². The first-order valence-electron chi connectivity index (χ1n) is 7.73. The van der Waals surface area contributed by atoms with Gasteiger partial charge in [0, 0.05) is 16.4 Å². The van der Waals surface area contributed by atoms with Crippen LogP contribution in [0.2, 0.25) is 5.02 Å². The maximum absolute atomic E-state index is 5.97. The Labute approximate surface area is 148 Å². The Morgan fingerprint density at radius 2 is 2.12 bits per heavy atom. The van der Waals surface area contributed by atoms with Crippen molar-refractivity contribution in [2.24, 2.45) is 0 Å². The highest BCUT2D eigenvalue weighted by molar-refractivity contribution is 7.22. The molecule has 1 atom stereocenters. The number of halogens is 1. The number of nitrogens with zero attached hydrogens (tertiary/aromatic N) is 2. The SMILES string of the molecule is Clc1ccc(-c2cc3ncnc(NC[C@@H]4CCOCO4)c3s2)cc1. The minimum Gasteiger partial charge on any atom is -0.366 e. The lowest BCUT2D eigenvalue weighted by Crippen LogP contribution is -2.30. The van der Waals surface area contributed by atoms with E-state index in [0.717, 1.165) is 44.5 Å². The highest BCUT2D eigenvalue weighted by atomic mass is 35.5. The summed E-state index contributed by atoms with van der Waals surface area (Å²) in [5, 5.41) is 4.12. The number of ether oxygens (including phenoxy) is 2. The standard InChI is InChI=1S/C17H16ClN3O2S/c18-12-3-1-11(2-4-12)15-7-14-16(24-15)17(21-9-20-14)19-8-13-5-6-22-10-23-13/h1-4,7,9,13H,5-6,8,10H2,(H,19,20,21)/t13-/m0/s1. The molecule has 3 aromatic rings. The van der Waals surface area contributed by atoms with Crippen molar-refractivity contribution >= 4 is 39.0 Å². The largest absolute Gasteiger partial charge is 0.366 e. The third-order valence-corrected chi connectivity index (χ3v) is 5.34. The van der Waals surface area contributed by atoms with Gasteiger partial charge < -0.3 is 14.8 Å². The Hall–Kier alpha value is -1.73. The van der Waals surface area contributed by atoms with E-state index in [1.807, 2.05) is 24.3 Å². The monoisotopic (exact) mass is 361 g/mol. The fourth-order valence-electron chi connectivity index (χ4n) is 2.61. The molecule has 1 N–H and O–H groups in total. The van der Waals surface area contributed by atoms with Gasteiger partial charge in [-0.1, -0.05) is 23.7 Å². The molecule has 1 aromatic carbocycles. The van der Waals surface area contributed by atoms with Crippen molar-refractivity contribution in [1.29, 1.82) is 0 Å². The number of nitrogens with one attached hydrogen (secondary N) is 1. The van der Waals surface area contributed by atoms with Crippen LogP contribution in [0.25, 0.3) is 20.7 Å². The molecule has 0 spiro atoms. The fraction of sp³-hybridized carbons (Fsp3) is 0.294. The predicted octanol–water partition coefficient (Wildman–Crippen LogP) is 4.19. The van der Waals surface area contributed by atoms with E-state index < -0.39 is 0 Å². The highest BCUT2D eigenvalue weighted by Gasteiger charge is 2.16. The number of anilines is 1. The van der Waals surface area contributed by atoms with Crippen molar-refractivity contribution in [2.75, 3.05) is 25.3 Å². The van der Waals surface area contributed by atoms with Crippen LogP contribution in [-0.2, 0) is 9.47 Å². The summed E-state index contributed by atoms with van der Waals surface area (Å²) in [6, 6.07) is 9.91. The lowest BCUT2D eigenvalue weighted by atomic mass is 10.2. The van der Waals surface area contributed by atoms with Gasteiger partial charge in [0.05, 0.1) is 22.9 Å². The van der Waals surface area contributed by atoms with E-state index in [9.17, 15) is 0 Å². The summed E-state index contributed by atoms with van der Waals surface area (Å²) < 4.78 is 11.8. The van der Waals surface area contributed by atoms with Gasteiger partial charge >= 0.3 is 0 Å². The van der Waals surface area contributed by atoms with E-state index in [-0.39, 0.29) is 6.10 Å². The minimum atomic E-state index is 0.152. The first-order chi connectivity index (χ1) is 11.8. The first kappa shape index (κ1) is 15.8. The van der Waals surface area contributed by atoms with Crippen molar-refractivity contribution in [3.05, 3.63) is 41.7 Å². The molecule has 0 saturated carbocycles. The molecule has 4 rings (SSSR count). The van der Waals surface area contributed by atoms with Crippen molar-refractivity contribution in [1.82, 2.24) is 9.97 Å². The lowest BCUT2D eigenvalue weighted by Gasteiger charge is -2.23. The van der Waals surface area contributed by atoms with Crippen LogP contribution in [0.15, 0.2) is 36.7 Å². The average molecular weight is 362 g/mol. The lowest BCUT2D eigenvalue weighted by molar-refractivity contribution is -0.133. The maximum Gasteiger partial charge on any atom is 0.147 e. The highest BCUT2D eigenvalue weighted by Crippen LogP contribution is 2.36. The van der Waals surface area contributed by atoms with E-state index in [2.05, 4.69) is 21.4 Å². The molecule has 7 heteroatoms. The predicted molar refractivity (Wildman–Crippen MR) is 96.7 cm³/mol. The molecule has 5 nitrogen and oxygen atoms in total. The van der Waals surface area contributed by atoms with Crippen LogP contribution in [0.4, 0.5) is 5.82 Å².